The largest absolute Gasteiger partial charge is 0.294 e. The minimum atomic E-state index is -0.294. The summed E-state index contributed by atoms with van der Waals surface area (Å²) in [7, 11) is 0. The molecule has 168 valence electrons. The Hall–Kier alpha value is -2.32. The Labute approximate surface area is 196 Å². The monoisotopic (exact) mass is 468 g/mol. The van der Waals surface area contributed by atoms with Crippen molar-refractivity contribution in [3.05, 3.63) is 47.6 Å². The Bertz CT molecular complexity index is 1130. The first-order chi connectivity index (χ1) is 15.5. The Kier molecular flexibility index (Phi) is 5.75. The highest BCUT2D eigenvalue weighted by atomic mass is 32.2. The quantitative estimate of drug-likeness (QED) is 0.579. The van der Waals surface area contributed by atoms with Crippen LogP contribution in [-0.2, 0) is 16.0 Å². The van der Waals surface area contributed by atoms with Crippen molar-refractivity contribution in [1.82, 2.24) is 19.8 Å². The molecular weight excluding hydrogens is 440 g/mol. The molecule has 2 aliphatic rings. The molecule has 2 fully saturated rings. The molecule has 0 bridgehead atoms. The number of benzene rings is 1. The molecule has 1 aliphatic heterocycles. The summed E-state index contributed by atoms with van der Waals surface area (Å²) in [6.45, 7) is 4.19. The summed E-state index contributed by atoms with van der Waals surface area (Å²) in [6, 6.07) is 10.0. The molecule has 32 heavy (non-hydrogen) atoms. The number of carbonyl (C=O) groups is 2. The highest BCUT2D eigenvalue weighted by molar-refractivity contribution is 8.02. The molecule has 0 radical (unpaired) electrons. The van der Waals surface area contributed by atoms with E-state index in [-0.39, 0.29) is 28.4 Å². The molecule has 1 N–H and O–H groups in total. The maximum atomic E-state index is 13.0. The number of thiazole rings is 1. The lowest BCUT2D eigenvalue weighted by atomic mass is 9.84. The van der Waals surface area contributed by atoms with Gasteiger partial charge in [-0.3, -0.25) is 19.4 Å². The van der Waals surface area contributed by atoms with Gasteiger partial charge in [-0.25, -0.2) is 9.99 Å². The predicted molar refractivity (Wildman–Crippen MR) is 129 cm³/mol. The Balaban J connectivity index is 1.32. The van der Waals surface area contributed by atoms with Gasteiger partial charge in [0.05, 0.1) is 17.4 Å². The van der Waals surface area contributed by atoms with Crippen LogP contribution in [0.15, 0.2) is 41.9 Å². The molecule has 2 aromatic heterocycles. The van der Waals surface area contributed by atoms with Crippen molar-refractivity contribution in [1.29, 1.82) is 0 Å². The summed E-state index contributed by atoms with van der Waals surface area (Å²) < 4.78 is 1.98. The zero-order valence-corrected chi connectivity index (χ0v) is 20.0. The molecule has 8 heteroatoms. The van der Waals surface area contributed by atoms with Crippen LogP contribution in [0.1, 0.15) is 51.6 Å². The number of thioether (sulfide) groups is 1. The van der Waals surface area contributed by atoms with Crippen molar-refractivity contribution >= 4 is 39.9 Å². The summed E-state index contributed by atoms with van der Waals surface area (Å²) in [5.74, 6) is 0.589. The van der Waals surface area contributed by atoms with Crippen molar-refractivity contribution < 1.29 is 9.59 Å². The van der Waals surface area contributed by atoms with Crippen molar-refractivity contribution in [2.45, 2.75) is 62.5 Å². The number of fused-ring (bicyclic) bond motifs is 1. The van der Waals surface area contributed by atoms with E-state index < -0.39 is 0 Å². The highest BCUT2D eigenvalue weighted by Gasteiger charge is 2.52. The molecule has 1 aliphatic carbocycles. The molecular formula is C24H28N4O2S2. The third-order valence-corrected chi connectivity index (χ3v) is 9.24. The standard InChI is InChI=1S/C24H28N4O2S2/c1-3-17-9-11-24(12-10-17)28(22(30)16(2)32-24)26-21(29)13-19-15-31-23-25-20(14-27(19)23)18-7-5-4-6-8-18/h4-8,14-17H,3,9-13H2,1-2H3,(H,26,29). The van der Waals surface area contributed by atoms with Gasteiger partial charge < -0.3 is 0 Å². The second-order valence-corrected chi connectivity index (χ2v) is 11.4. The van der Waals surface area contributed by atoms with Gasteiger partial charge in [-0.15, -0.1) is 23.1 Å². The van der Waals surface area contributed by atoms with Crippen molar-refractivity contribution in [3.63, 3.8) is 0 Å². The van der Waals surface area contributed by atoms with Gasteiger partial charge in [-0.1, -0.05) is 43.7 Å². The van der Waals surface area contributed by atoms with Crippen LogP contribution in [0, 0.1) is 5.92 Å². The summed E-state index contributed by atoms with van der Waals surface area (Å²) >= 11 is 3.25. The van der Waals surface area contributed by atoms with E-state index in [4.69, 9.17) is 4.98 Å². The van der Waals surface area contributed by atoms with Crippen LogP contribution < -0.4 is 5.43 Å². The summed E-state index contributed by atoms with van der Waals surface area (Å²) in [4.78, 5) is 31.2. The third-order valence-electron chi connectivity index (χ3n) is 6.77. The molecule has 1 saturated carbocycles. The van der Waals surface area contributed by atoms with Gasteiger partial charge in [0.2, 0.25) is 5.91 Å². The van der Waals surface area contributed by atoms with E-state index >= 15 is 0 Å². The van der Waals surface area contributed by atoms with Crippen molar-refractivity contribution in [2.24, 2.45) is 5.92 Å². The molecule has 1 spiro atoms. The zero-order chi connectivity index (χ0) is 22.3. The molecule has 6 nitrogen and oxygen atoms in total. The van der Waals surface area contributed by atoms with Gasteiger partial charge in [0, 0.05) is 22.8 Å². The topological polar surface area (TPSA) is 66.7 Å². The Morgan fingerprint density at radius 3 is 2.72 bits per heavy atom. The molecule has 5 rings (SSSR count). The van der Waals surface area contributed by atoms with Crippen LogP contribution in [0.4, 0.5) is 0 Å². The number of rotatable bonds is 5. The van der Waals surface area contributed by atoms with Crippen LogP contribution in [0.5, 0.6) is 0 Å². The Morgan fingerprint density at radius 1 is 1.25 bits per heavy atom. The average Bonchev–Trinajstić information content (AvgIpc) is 3.45. The number of nitrogens with zero attached hydrogens (tertiary/aromatic N) is 3. The van der Waals surface area contributed by atoms with Crippen molar-refractivity contribution in [3.8, 4) is 11.3 Å². The molecule has 2 amide bonds. The average molecular weight is 469 g/mol. The molecule has 3 heterocycles. The minimum absolute atomic E-state index is 0.0164. The molecule has 1 aromatic carbocycles. The summed E-state index contributed by atoms with van der Waals surface area (Å²) in [6.07, 6.45) is 7.48. The van der Waals surface area contributed by atoms with Crippen LogP contribution in [0.25, 0.3) is 16.2 Å². The lowest BCUT2D eigenvalue weighted by Crippen LogP contribution is -2.56. The van der Waals surface area contributed by atoms with Crippen LogP contribution in [-0.4, -0.2) is 36.3 Å². The Morgan fingerprint density at radius 2 is 2.00 bits per heavy atom. The lowest BCUT2D eigenvalue weighted by molar-refractivity contribution is -0.144. The lowest BCUT2D eigenvalue weighted by Gasteiger charge is -2.42. The number of nitrogens with one attached hydrogen (secondary N) is 1. The molecule has 1 saturated heterocycles. The van der Waals surface area contributed by atoms with Crippen LogP contribution in [0.3, 0.4) is 0 Å². The number of hydrazine groups is 1. The number of imidazole rings is 1. The zero-order valence-electron chi connectivity index (χ0n) is 18.4. The smallest absolute Gasteiger partial charge is 0.255 e. The second-order valence-electron chi connectivity index (χ2n) is 8.82. The van der Waals surface area contributed by atoms with E-state index in [1.807, 2.05) is 53.2 Å². The van der Waals surface area contributed by atoms with E-state index in [0.29, 0.717) is 0 Å². The molecule has 3 aromatic rings. The second kappa shape index (κ2) is 8.56. The number of hydrogen-bond donors (Lipinski definition) is 1. The van der Waals surface area contributed by atoms with Crippen molar-refractivity contribution in [2.75, 3.05) is 0 Å². The van der Waals surface area contributed by atoms with Gasteiger partial charge in [0.1, 0.15) is 4.87 Å². The number of aromatic nitrogens is 2. The first-order valence-corrected chi connectivity index (χ1v) is 13.1. The van der Waals surface area contributed by atoms with Crippen LogP contribution >= 0.6 is 23.1 Å². The first kappa shape index (κ1) is 21.5. The SMILES string of the molecule is CCC1CCC2(CC1)SC(C)C(=O)N2NC(=O)Cc1csc2nc(-c3ccccc3)cn12. The highest BCUT2D eigenvalue weighted by Crippen LogP contribution is 2.50. The number of carbonyl (C=O) groups excluding carboxylic acids is 2. The fraction of sp³-hybridized carbons (Fsp3) is 0.458. The number of hydrogen-bond acceptors (Lipinski definition) is 5. The van der Waals surface area contributed by atoms with Gasteiger partial charge in [-0.2, -0.15) is 0 Å². The molecule has 1 unspecified atom stereocenters. The van der Waals surface area contributed by atoms with Gasteiger partial charge in [0.15, 0.2) is 4.96 Å². The molecule has 1 atom stereocenters. The fourth-order valence-electron chi connectivity index (χ4n) is 4.88. The minimum Gasteiger partial charge on any atom is -0.294 e. The van der Waals surface area contributed by atoms with E-state index in [2.05, 4.69) is 12.3 Å². The maximum Gasteiger partial charge on any atom is 0.255 e. The predicted octanol–water partition coefficient (Wildman–Crippen LogP) is 4.90. The maximum absolute atomic E-state index is 13.0. The van der Waals surface area contributed by atoms with Gasteiger partial charge >= 0.3 is 0 Å². The third kappa shape index (κ3) is 3.83. The normalized spacial score (nSPS) is 25.7. The van der Waals surface area contributed by atoms with E-state index in [1.165, 1.54) is 17.8 Å². The first-order valence-electron chi connectivity index (χ1n) is 11.3. The fourth-order valence-corrected chi connectivity index (χ4v) is 7.33. The van der Waals surface area contributed by atoms with Gasteiger partial charge in [0.25, 0.3) is 5.91 Å². The van der Waals surface area contributed by atoms with E-state index in [0.717, 1.165) is 53.5 Å². The van der Waals surface area contributed by atoms with E-state index in [9.17, 15) is 9.59 Å². The van der Waals surface area contributed by atoms with Gasteiger partial charge in [-0.05, 0) is 38.5 Å². The number of amides is 2. The summed E-state index contributed by atoms with van der Waals surface area (Å²) in [5, 5.41) is 3.52. The van der Waals surface area contributed by atoms with E-state index in [1.54, 1.807) is 16.8 Å². The van der Waals surface area contributed by atoms with Crippen LogP contribution in [0.2, 0.25) is 0 Å². The summed E-state index contributed by atoms with van der Waals surface area (Å²) in [5.41, 5.74) is 5.82.